The lowest BCUT2D eigenvalue weighted by atomic mass is 10.1. The third kappa shape index (κ3) is 7.25. The van der Waals surface area contributed by atoms with E-state index in [-0.39, 0.29) is 12.1 Å². The van der Waals surface area contributed by atoms with Gasteiger partial charge in [-0.25, -0.2) is 0 Å². The highest BCUT2D eigenvalue weighted by atomic mass is 16.3. The van der Waals surface area contributed by atoms with Crippen LogP contribution in [0.5, 0.6) is 0 Å². The first-order chi connectivity index (χ1) is 9.36. The zero-order chi connectivity index (χ0) is 15.6. The van der Waals surface area contributed by atoms with E-state index < -0.39 is 6.23 Å². The summed E-state index contributed by atoms with van der Waals surface area (Å²) < 4.78 is 0.402. The minimum Gasteiger partial charge on any atom is -0.345 e. The van der Waals surface area contributed by atoms with Gasteiger partial charge in [-0.2, -0.15) is 0 Å². The van der Waals surface area contributed by atoms with Crippen LogP contribution in [0.15, 0.2) is 0 Å². The maximum absolute atomic E-state index is 12.0. The molecule has 0 aliphatic heterocycles. The molecule has 0 rings (SSSR count). The van der Waals surface area contributed by atoms with Crippen molar-refractivity contribution in [3.05, 3.63) is 0 Å². The molecule has 4 heteroatoms. The third-order valence-corrected chi connectivity index (χ3v) is 4.24. The molecule has 0 radical (unpaired) electrons. The molecule has 0 saturated carbocycles. The van der Waals surface area contributed by atoms with Gasteiger partial charge in [0.25, 0.3) is 0 Å². The Bertz CT molecular complexity index is 265. The van der Waals surface area contributed by atoms with Gasteiger partial charge in [0, 0.05) is 19.8 Å². The Morgan fingerprint density at radius 3 is 2.15 bits per heavy atom. The van der Waals surface area contributed by atoms with E-state index in [0.29, 0.717) is 10.9 Å². The molecule has 0 aliphatic carbocycles. The molecule has 0 aromatic heterocycles. The fourth-order valence-electron chi connectivity index (χ4n) is 2.32. The number of aliphatic hydroxyl groups excluding tert-OH is 1. The summed E-state index contributed by atoms with van der Waals surface area (Å²) in [5, 5.41) is 12.9. The summed E-state index contributed by atoms with van der Waals surface area (Å²) >= 11 is 0. The van der Waals surface area contributed by atoms with Crippen molar-refractivity contribution in [2.24, 2.45) is 0 Å². The average molecular weight is 287 g/mol. The van der Waals surface area contributed by atoms with Crippen LogP contribution in [0, 0.1) is 0 Å². The van der Waals surface area contributed by atoms with Crippen molar-refractivity contribution in [2.75, 3.05) is 14.1 Å². The molecule has 2 unspecified atom stereocenters. The zero-order valence-corrected chi connectivity index (χ0v) is 14.1. The first-order valence-corrected chi connectivity index (χ1v) is 8.17. The number of carbonyl (C=O) groups excluding carboxylic acids is 1. The van der Waals surface area contributed by atoms with Gasteiger partial charge in [-0.3, -0.25) is 9.28 Å². The number of quaternary nitrogens is 1. The Balaban J connectivity index is 3.99. The van der Waals surface area contributed by atoms with Crippen LogP contribution in [0.1, 0.15) is 72.1 Å². The molecule has 0 spiro atoms. The van der Waals surface area contributed by atoms with E-state index in [2.05, 4.69) is 12.2 Å². The van der Waals surface area contributed by atoms with E-state index in [1.807, 2.05) is 21.0 Å². The maximum Gasteiger partial charge on any atom is 0.224 e. The molecule has 0 aromatic rings. The lowest BCUT2D eigenvalue weighted by molar-refractivity contribution is -0.959. The molecule has 0 bridgehead atoms. The van der Waals surface area contributed by atoms with Gasteiger partial charge >= 0.3 is 0 Å². The number of carbonyl (C=O) groups is 1. The van der Waals surface area contributed by atoms with Gasteiger partial charge in [0.1, 0.15) is 0 Å². The van der Waals surface area contributed by atoms with Gasteiger partial charge in [0.05, 0.1) is 14.1 Å². The highest BCUT2D eigenvalue weighted by molar-refractivity contribution is 5.75. The van der Waals surface area contributed by atoms with Crippen LogP contribution < -0.4 is 5.32 Å². The normalized spacial score (nSPS) is 14.9. The number of hydrogen-bond donors (Lipinski definition) is 2. The number of rotatable bonds is 11. The van der Waals surface area contributed by atoms with Crippen molar-refractivity contribution < 1.29 is 14.4 Å². The van der Waals surface area contributed by atoms with E-state index in [4.69, 9.17) is 0 Å². The number of aliphatic hydroxyl groups is 1. The molecule has 0 aliphatic rings. The second-order valence-corrected chi connectivity index (χ2v) is 6.27. The minimum atomic E-state index is -0.491. The minimum absolute atomic E-state index is 0.0254. The molecule has 0 heterocycles. The Morgan fingerprint density at radius 1 is 1.10 bits per heavy atom. The fourth-order valence-corrected chi connectivity index (χ4v) is 2.32. The lowest BCUT2D eigenvalue weighted by Crippen LogP contribution is -2.61. The van der Waals surface area contributed by atoms with Gasteiger partial charge in [-0.1, -0.05) is 46.0 Å². The smallest absolute Gasteiger partial charge is 0.224 e. The van der Waals surface area contributed by atoms with Crippen LogP contribution in [0.2, 0.25) is 0 Å². The molecular formula is C16H35N2O2+. The predicted octanol–water partition coefficient (Wildman–Crippen LogP) is 3.00. The van der Waals surface area contributed by atoms with E-state index in [1.165, 1.54) is 25.7 Å². The number of amides is 1. The van der Waals surface area contributed by atoms with Gasteiger partial charge in [-0.15, -0.1) is 0 Å². The van der Waals surface area contributed by atoms with Crippen LogP contribution in [0.25, 0.3) is 0 Å². The zero-order valence-electron chi connectivity index (χ0n) is 14.1. The number of hydrogen-bond acceptors (Lipinski definition) is 2. The Kier molecular flexibility index (Phi) is 9.86. The summed E-state index contributed by atoms with van der Waals surface area (Å²) in [6.45, 7) is 6.01. The molecule has 0 aromatic carbocycles. The second kappa shape index (κ2) is 10.2. The van der Waals surface area contributed by atoms with E-state index >= 15 is 0 Å². The van der Waals surface area contributed by atoms with Crippen molar-refractivity contribution in [3.8, 4) is 0 Å². The van der Waals surface area contributed by atoms with E-state index in [0.717, 1.165) is 19.3 Å². The summed E-state index contributed by atoms with van der Waals surface area (Å²) in [7, 11) is 3.90. The fraction of sp³-hybridized carbons (Fsp3) is 0.938. The Hall–Kier alpha value is -0.610. The SMILES string of the molecule is CCCCCCCCC(=O)NC(CC)[N+](C)(C)C(C)O. The maximum atomic E-state index is 12.0. The van der Waals surface area contributed by atoms with Crippen molar-refractivity contribution in [1.29, 1.82) is 0 Å². The average Bonchev–Trinajstić information content (AvgIpc) is 2.39. The van der Waals surface area contributed by atoms with Crippen LogP contribution in [0.4, 0.5) is 0 Å². The number of nitrogens with zero attached hydrogens (tertiary/aromatic N) is 1. The monoisotopic (exact) mass is 287 g/mol. The van der Waals surface area contributed by atoms with E-state index in [1.54, 1.807) is 6.92 Å². The topological polar surface area (TPSA) is 49.3 Å². The summed E-state index contributed by atoms with van der Waals surface area (Å²) in [5.74, 6) is 0.110. The van der Waals surface area contributed by atoms with Gasteiger partial charge in [-0.05, 0) is 6.42 Å². The van der Waals surface area contributed by atoms with Crippen LogP contribution >= 0.6 is 0 Å². The largest absolute Gasteiger partial charge is 0.345 e. The van der Waals surface area contributed by atoms with Crippen molar-refractivity contribution in [2.45, 2.75) is 84.5 Å². The molecule has 2 N–H and O–H groups in total. The molecule has 1 amide bonds. The summed E-state index contributed by atoms with van der Waals surface area (Å²) in [5.41, 5.74) is 0. The summed E-state index contributed by atoms with van der Waals surface area (Å²) in [6, 6.07) is 0. The van der Waals surface area contributed by atoms with Crippen molar-refractivity contribution >= 4 is 5.91 Å². The molecule has 0 saturated heterocycles. The summed E-state index contributed by atoms with van der Waals surface area (Å²) in [6.07, 6.45) is 8.07. The van der Waals surface area contributed by atoms with Gasteiger partial charge in [0.15, 0.2) is 12.4 Å². The number of unbranched alkanes of at least 4 members (excludes halogenated alkanes) is 5. The molecule has 2 atom stereocenters. The van der Waals surface area contributed by atoms with Crippen LogP contribution in [-0.4, -0.2) is 42.0 Å². The Labute approximate surface area is 125 Å². The molecule has 120 valence electrons. The lowest BCUT2D eigenvalue weighted by Gasteiger charge is -2.40. The quantitative estimate of drug-likeness (QED) is 0.349. The highest BCUT2D eigenvalue weighted by Gasteiger charge is 2.32. The standard InChI is InChI=1S/C16H34N2O2/c1-6-8-9-10-11-12-13-16(20)17-15(7-2)18(4,5)14(3)19/h14-15,19H,6-13H2,1-5H3/p+1. The third-order valence-electron chi connectivity index (χ3n) is 4.24. The van der Waals surface area contributed by atoms with Gasteiger partial charge < -0.3 is 10.4 Å². The van der Waals surface area contributed by atoms with Crippen molar-refractivity contribution in [1.82, 2.24) is 5.32 Å². The molecule has 0 fully saturated rings. The first kappa shape index (κ1) is 19.4. The van der Waals surface area contributed by atoms with Crippen LogP contribution in [0.3, 0.4) is 0 Å². The van der Waals surface area contributed by atoms with Crippen molar-refractivity contribution in [3.63, 3.8) is 0 Å². The highest BCUT2D eigenvalue weighted by Crippen LogP contribution is 2.13. The van der Waals surface area contributed by atoms with Crippen LogP contribution in [-0.2, 0) is 4.79 Å². The molecular weight excluding hydrogens is 252 g/mol. The Morgan fingerprint density at radius 2 is 1.65 bits per heavy atom. The number of nitrogens with one attached hydrogen (secondary N) is 1. The van der Waals surface area contributed by atoms with Gasteiger partial charge in [0.2, 0.25) is 5.91 Å². The second-order valence-electron chi connectivity index (χ2n) is 6.27. The first-order valence-electron chi connectivity index (χ1n) is 8.17. The van der Waals surface area contributed by atoms with E-state index in [9.17, 15) is 9.90 Å². The predicted molar refractivity (Wildman–Crippen MR) is 84.0 cm³/mol. The molecule has 20 heavy (non-hydrogen) atoms. The molecule has 4 nitrogen and oxygen atoms in total. The summed E-state index contributed by atoms with van der Waals surface area (Å²) in [4.78, 5) is 12.0.